The lowest BCUT2D eigenvalue weighted by Gasteiger charge is -2.19. The van der Waals surface area contributed by atoms with Crippen LogP contribution < -0.4 is 10.5 Å². The van der Waals surface area contributed by atoms with Crippen LogP contribution in [0.5, 0.6) is 5.75 Å². The van der Waals surface area contributed by atoms with E-state index in [1.807, 2.05) is 31.2 Å². The number of methoxy groups -OCH3 is 1. The van der Waals surface area contributed by atoms with Gasteiger partial charge in [0.05, 0.1) is 19.3 Å². The standard InChI is InChI=1S/C14H19N3O3/c1-4-19-9-14(2,15)13-16-12(20-17-13)10-7-5-6-8-11(10)18-3/h5-8H,4,9,15H2,1-3H3. The highest BCUT2D eigenvalue weighted by molar-refractivity contribution is 5.62. The monoisotopic (exact) mass is 277 g/mol. The first-order valence-electron chi connectivity index (χ1n) is 6.42. The molecule has 1 heterocycles. The topological polar surface area (TPSA) is 83.4 Å². The SMILES string of the molecule is CCOCC(C)(N)c1noc(-c2ccccc2OC)n1. The van der Waals surface area contributed by atoms with Crippen LogP contribution in [0.15, 0.2) is 28.8 Å². The van der Waals surface area contributed by atoms with Crippen LogP contribution in [-0.2, 0) is 10.3 Å². The van der Waals surface area contributed by atoms with Crippen LogP contribution in [0.1, 0.15) is 19.7 Å². The molecule has 108 valence electrons. The predicted octanol–water partition coefficient (Wildman–Crippen LogP) is 1.96. The summed E-state index contributed by atoms with van der Waals surface area (Å²) in [5.41, 5.74) is 6.09. The Hall–Kier alpha value is -1.92. The van der Waals surface area contributed by atoms with E-state index >= 15 is 0 Å². The molecule has 0 radical (unpaired) electrons. The summed E-state index contributed by atoms with van der Waals surface area (Å²) in [6, 6.07) is 7.44. The fourth-order valence-corrected chi connectivity index (χ4v) is 1.76. The quantitative estimate of drug-likeness (QED) is 0.869. The number of nitrogens with zero attached hydrogens (tertiary/aromatic N) is 2. The smallest absolute Gasteiger partial charge is 0.261 e. The van der Waals surface area contributed by atoms with Crippen LogP contribution >= 0.6 is 0 Å². The molecule has 0 aliphatic rings. The van der Waals surface area contributed by atoms with Crippen molar-refractivity contribution < 1.29 is 14.0 Å². The summed E-state index contributed by atoms with van der Waals surface area (Å²) in [6.45, 7) is 4.63. The molecule has 2 aromatic rings. The molecule has 1 unspecified atom stereocenters. The van der Waals surface area contributed by atoms with Gasteiger partial charge < -0.3 is 19.7 Å². The predicted molar refractivity (Wildman–Crippen MR) is 74.3 cm³/mol. The van der Waals surface area contributed by atoms with Crippen molar-refractivity contribution in [2.45, 2.75) is 19.4 Å². The highest BCUT2D eigenvalue weighted by Gasteiger charge is 2.28. The summed E-state index contributed by atoms with van der Waals surface area (Å²) in [5.74, 6) is 1.46. The first kappa shape index (κ1) is 14.5. The van der Waals surface area contributed by atoms with Crippen LogP contribution in [-0.4, -0.2) is 30.5 Å². The molecule has 20 heavy (non-hydrogen) atoms. The number of nitrogens with two attached hydrogens (primary N) is 1. The Morgan fingerprint density at radius 2 is 2.10 bits per heavy atom. The van der Waals surface area contributed by atoms with E-state index in [1.165, 1.54) is 0 Å². The summed E-state index contributed by atoms with van der Waals surface area (Å²) < 4.78 is 15.9. The van der Waals surface area contributed by atoms with Gasteiger partial charge in [0, 0.05) is 6.61 Å². The molecule has 0 spiro atoms. The van der Waals surface area contributed by atoms with E-state index in [2.05, 4.69) is 10.1 Å². The Bertz CT molecular complexity index is 566. The summed E-state index contributed by atoms with van der Waals surface area (Å²) in [6.07, 6.45) is 0. The van der Waals surface area contributed by atoms with Crippen LogP contribution in [0, 0.1) is 0 Å². The van der Waals surface area contributed by atoms with Crippen LogP contribution in [0.2, 0.25) is 0 Å². The van der Waals surface area contributed by atoms with Crippen LogP contribution in [0.25, 0.3) is 11.5 Å². The van der Waals surface area contributed by atoms with Gasteiger partial charge in [-0.2, -0.15) is 4.98 Å². The van der Waals surface area contributed by atoms with Crippen molar-refractivity contribution >= 4 is 0 Å². The van der Waals surface area contributed by atoms with Crippen molar-refractivity contribution in [2.24, 2.45) is 5.73 Å². The fraction of sp³-hybridized carbons (Fsp3) is 0.429. The van der Waals surface area contributed by atoms with Crippen LogP contribution in [0.4, 0.5) is 0 Å². The maximum Gasteiger partial charge on any atom is 0.261 e. The maximum atomic E-state index is 6.14. The van der Waals surface area contributed by atoms with E-state index in [9.17, 15) is 0 Å². The molecule has 1 aromatic heterocycles. The molecular weight excluding hydrogens is 258 g/mol. The molecule has 0 aliphatic carbocycles. The summed E-state index contributed by atoms with van der Waals surface area (Å²) in [5, 5.41) is 3.95. The molecule has 0 saturated carbocycles. The van der Waals surface area contributed by atoms with E-state index in [0.29, 0.717) is 30.7 Å². The third-order valence-electron chi connectivity index (χ3n) is 2.88. The fourth-order valence-electron chi connectivity index (χ4n) is 1.76. The zero-order valence-corrected chi connectivity index (χ0v) is 11.9. The second-order valence-electron chi connectivity index (χ2n) is 4.68. The summed E-state index contributed by atoms with van der Waals surface area (Å²) in [7, 11) is 1.60. The molecule has 6 heteroatoms. The van der Waals surface area contributed by atoms with Crippen molar-refractivity contribution in [3.05, 3.63) is 30.1 Å². The lowest BCUT2D eigenvalue weighted by atomic mass is 10.1. The third kappa shape index (κ3) is 2.97. The molecule has 0 bridgehead atoms. The molecule has 2 rings (SSSR count). The van der Waals surface area contributed by atoms with Gasteiger partial charge in [0.2, 0.25) is 0 Å². The molecule has 2 N–H and O–H groups in total. The molecule has 1 atom stereocenters. The van der Waals surface area contributed by atoms with Gasteiger partial charge in [-0.15, -0.1) is 0 Å². The van der Waals surface area contributed by atoms with Gasteiger partial charge in [-0.1, -0.05) is 17.3 Å². The second-order valence-corrected chi connectivity index (χ2v) is 4.68. The number of para-hydroxylation sites is 1. The third-order valence-corrected chi connectivity index (χ3v) is 2.88. The van der Waals surface area contributed by atoms with Gasteiger partial charge in [0.1, 0.15) is 11.3 Å². The molecule has 0 aliphatic heterocycles. The van der Waals surface area contributed by atoms with Crippen molar-refractivity contribution in [3.63, 3.8) is 0 Å². The number of ether oxygens (including phenoxy) is 2. The van der Waals surface area contributed by atoms with Crippen molar-refractivity contribution in [3.8, 4) is 17.2 Å². The number of rotatable bonds is 6. The van der Waals surface area contributed by atoms with E-state index in [1.54, 1.807) is 14.0 Å². The van der Waals surface area contributed by atoms with E-state index in [4.69, 9.17) is 19.7 Å². The average Bonchev–Trinajstić information content (AvgIpc) is 2.95. The Morgan fingerprint density at radius 3 is 2.80 bits per heavy atom. The van der Waals surface area contributed by atoms with Crippen LogP contribution in [0.3, 0.4) is 0 Å². The minimum absolute atomic E-state index is 0.328. The minimum atomic E-state index is -0.792. The van der Waals surface area contributed by atoms with Gasteiger partial charge in [-0.25, -0.2) is 0 Å². The molecule has 1 aromatic carbocycles. The summed E-state index contributed by atoms with van der Waals surface area (Å²) >= 11 is 0. The summed E-state index contributed by atoms with van der Waals surface area (Å²) in [4.78, 5) is 4.35. The maximum absolute atomic E-state index is 6.14. The zero-order valence-electron chi connectivity index (χ0n) is 11.9. The second kappa shape index (κ2) is 6.02. The van der Waals surface area contributed by atoms with Crippen molar-refractivity contribution in [2.75, 3.05) is 20.3 Å². The van der Waals surface area contributed by atoms with Crippen molar-refractivity contribution in [1.82, 2.24) is 10.1 Å². The van der Waals surface area contributed by atoms with Gasteiger partial charge in [-0.05, 0) is 26.0 Å². The average molecular weight is 277 g/mol. The largest absolute Gasteiger partial charge is 0.496 e. The minimum Gasteiger partial charge on any atom is -0.496 e. The number of hydrogen-bond donors (Lipinski definition) is 1. The Balaban J connectivity index is 2.29. The van der Waals surface area contributed by atoms with Gasteiger partial charge in [0.25, 0.3) is 5.89 Å². The van der Waals surface area contributed by atoms with Crippen molar-refractivity contribution in [1.29, 1.82) is 0 Å². The van der Waals surface area contributed by atoms with E-state index in [-0.39, 0.29) is 0 Å². The van der Waals surface area contributed by atoms with E-state index < -0.39 is 5.54 Å². The normalized spacial score (nSPS) is 14.0. The van der Waals surface area contributed by atoms with Gasteiger partial charge >= 0.3 is 0 Å². The molecule has 0 fully saturated rings. The molecular formula is C14H19N3O3. The Kier molecular flexibility index (Phi) is 4.36. The molecule has 0 saturated heterocycles. The Morgan fingerprint density at radius 1 is 1.35 bits per heavy atom. The highest BCUT2D eigenvalue weighted by Crippen LogP contribution is 2.29. The number of hydrogen-bond acceptors (Lipinski definition) is 6. The highest BCUT2D eigenvalue weighted by atomic mass is 16.5. The first-order chi connectivity index (χ1) is 9.58. The molecule has 6 nitrogen and oxygen atoms in total. The zero-order chi connectivity index (χ0) is 14.6. The van der Waals surface area contributed by atoms with Gasteiger partial charge in [-0.3, -0.25) is 0 Å². The number of benzene rings is 1. The van der Waals surface area contributed by atoms with Gasteiger partial charge in [0.15, 0.2) is 5.82 Å². The number of aromatic nitrogens is 2. The lowest BCUT2D eigenvalue weighted by molar-refractivity contribution is 0.0962. The first-order valence-corrected chi connectivity index (χ1v) is 6.42. The Labute approximate surface area is 117 Å². The lowest BCUT2D eigenvalue weighted by Crippen LogP contribution is -2.39. The van der Waals surface area contributed by atoms with E-state index in [0.717, 1.165) is 5.56 Å². The molecule has 0 amide bonds.